The monoisotopic (exact) mass is 267 g/mol. The van der Waals surface area contributed by atoms with E-state index in [0.29, 0.717) is 10.6 Å². The molecule has 0 saturated carbocycles. The highest BCUT2D eigenvalue weighted by atomic mass is 35.5. The molecule has 0 heterocycles. The average Bonchev–Trinajstić information content (AvgIpc) is 2.30. The summed E-state index contributed by atoms with van der Waals surface area (Å²) in [5.74, 6) is -1.04. The van der Waals surface area contributed by atoms with Crippen molar-refractivity contribution in [3.63, 3.8) is 0 Å². The van der Waals surface area contributed by atoms with Gasteiger partial charge in [-0.15, -0.1) is 0 Å². The molecule has 2 aromatic rings. The normalized spacial score (nSPS) is 12.5. The van der Waals surface area contributed by atoms with Gasteiger partial charge in [-0.1, -0.05) is 17.7 Å². The topological polar surface area (TPSA) is 26.0 Å². The second-order valence-electron chi connectivity index (χ2n) is 4.21. The summed E-state index contributed by atoms with van der Waals surface area (Å²) >= 11 is 5.93. The van der Waals surface area contributed by atoms with Crippen LogP contribution in [0.25, 0.3) is 0 Å². The summed E-state index contributed by atoms with van der Waals surface area (Å²) in [5, 5.41) is 0.525. The van der Waals surface area contributed by atoms with E-state index in [-0.39, 0.29) is 5.56 Å². The SMILES string of the molecule is Cc1cc(Cl)cc(C(N)c2cc(F)ccc2F)c1. The number of hydrogen-bond donors (Lipinski definition) is 1. The molecular weight excluding hydrogens is 256 g/mol. The second-order valence-corrected chi connectivity index (χ2v) is 4.64. The van der Waals surface area contributed by atoms with Crippen LogP contribution in [0, 0.1) is 18.6 Å². The zero-order chi connectivity index (χ0) is 13.3. The lowest BCUT2D eigenvalue weighted by atomic mass is 9.97. The Morgan fingerprint density at radius 3 is 2.50 bits per heavy atom. The first kappa shape index (κ1) is 13.0. The Morgan fingerprint density at radius 1 is 1.11 bits per heavy atom. The van der Waals surface area contributed by atoms with Gasteiger partial charge in [0.1, 0.15) is 11.6 Å². The molecule has 2 aromatic carbocycles. The maximum Gasteiger partial charge on any atom is 0.128 e. The lowest BCUT2D eigenvalue weighted by molar-refractivity contribution is 0.576. The van der Waals surface area contributed by atoms with Gasteiger partial charge in [0.25, 0.3) is 0 Å². The van der Waals surface area contributed by atoms with Crippen molar-refractivity contribution in [2.45, 2.75) is 13.0 Å². The van der Waals surface area contributed by atoms with Crippen LogP contribution < -0.4 is 5.73 Å². The average molecular weight is 268 g/mol. The highest BCUT2D eigenvalue weighted by molar-refractivity contribution is 6.30. The van der Waals surface area contributed by atoms with Gasteiger partial charge in [0, 0.05) is 10.6 Å². The molecule has 18 heavy (non-hydrogen) atoms. The quantitative estimate of drug-likeness (QED) is 0.875. The lowest BCUT2D eigenvalue weighted by Gasteiger charge is -2.14. The van der Waals surface area contributed by atoms with Crippen molar-refractivity contribution in [1.29, 1.82) is 0 Å². The molecular formula is C14H12ClF2N. The standard InChI is InChI=1S/C14H12ClF2N/c1-8-4-9(6-10(15)5-8)14(18)12-7-11(16)2-3-13(12)17/h2-7,14H,18H2,1H3. The molecule has 0 bridgehead atoms. The van der Waals surface area contributed by atoms with Gasteiger partial charge in [-0.2, -0.15) is 0 Å². The van der Waals surface area contributed by atoms with E-state index in [9.17, 15) is 8.78 Å². The highest BCUT2D eigenvalue weighted by Gasteiger charge is 2.15. The van der Waals surface area contributed by atoms with Gasteiger partial charge in [-0.25, -0.2) is 8.78 Å². The van der Waals surface area contributed by atoms with Gasteiger partial charge >= 0.3 is 0 Å². The Labute approximate surface area is 109 Å². The predicted octanol–water partition coefficient (Wildman–Crippen LogP) is 3.97. The molecule has 0 amide bonds. The minimum atomic E-state index is -0.738. The maximum atomic E-state index is 13.6. The van der Waals surface area contributed by atoms with Gasteiger partial charge in [-0.3, -0.25) is 0 Å². The Morgan fingerprint density at radius 2 is 1.83 bits per heavy atom. The molecule has 0 spiro atoms. The molecule has 0 saturated heterocycles. The Kier molecular flexibility index (Phi) is 3.64. The summed E-state index contributed by atoms with van der Waals surface area (Å²) in [6, 6.07) is 7.75. The number of hydrogen-bond acceptors (Lipinski definition) is 1. The molecule has 2 N–H and O–H groups in total. The van der Waals surface area contributed by atoms with Crippen molar-refractivity contribution in [3.05, 3.63) is 69.7 Å². The van der Waals surface area contributed by atoms with Crippen molar-refractivity contribution in [1.82, 2.24) is 0 Å². The molecule has 0 aliphatic carbocycles. The Hall–Kier alpha value is -1.45. The van der Waals surface area contributed by atoms with Gasteiger partial charge in [-0.05, 0) is 48.4 Å². The number of nitrogens with two attached hydrogens (primary N) is 1. The van der Waals surface area contributed by atoms with E-state index in [1.54, 1.807) is 18.2 Å². The summed E-state index contributed by atoms with van der Waals surface area (Å²) in [5.41, 5.74) is 7.66. The van der Waals surface area contributed by atoms with Gasteiger partial charge in [0.15, 0.2) is 0 Å². The third kappa shape index (κ3) is 2.68. The molecule has 0 aromatic heterocycles. The van der Waals surface area contributed by atoms with Crippen molar-refractivity contribution >= 4 is 11.6 Å². The van der Waals surface area contributed by atoms with Crippen LogP contribution in [0.2, 0.25) is 5.02 Å². The minimum Gasteiger partial charge on any atom is -0.320 e. The molecule has 0 aliphatic rings. The van der Waals surface area contributed by atoms with Crippen molar-refractivity contribution in [2.75, 3.05) is 0 Å². The van der Waals surface area contributed by atoms with Crippen molar-refractivity contribution < 1.29 is 8.78 Å². The summed E-state index contributed by atoms with van der Waals surface area (Å²) < 4.78 is 26.8. The number of rotatable bonds is 2. The molecule has 2 rings (SSSR count). The predicted molar refractivity (Wildman–Crippen MR) is 68.6 cm³/mol. The van der Waals surface area contributed by atoms with Gasteiger partial charge < -0.3 is 5.73 Å². The van der Waals surface area contributed by atoms with Gasteiger partial charge in [0.2, 0.25) is 0 Å². The fourth-order valence-electron chi connectivity index (χ4n) is 1.88. The first-order chi connectivity index (χ1) is 8.47. The zero-order valence-electron chi connectivity index (χ0n) is 9.75. The smallest absolute Gasteiger partial charge is 0.128 e. The van der Waals surface area contributed by atoms with Crippen LogP contribution in [-0.2, 0) is 0 Å². The molecule has 0 aliphatic heterocycles. The van der Waals surface area contributed by atoms with Crippen LogP contribution in [0.5, 0.6) is 0 Å². The van der Waals surface area contributed by atoms with E-state index in [2.05, 4.69) is 0 Å². The largest absolute Gasteiger partial charge is 0.320 e. The van der Waals surface area contributed by atoms with Crippen molar-refractivity contribution in [2.24, 2.45) is 5.73 Å². The summed E-state index contributed by atoms with van der Waals surface area (Å²) in [6.45, 7) is 1.87. The summed E-state index contributed by atoms with van der Waals surface area (Å²) in [4.78, 5) is 0. The first-order valence-corrected chi connectivity index (χ1v) is 5.83. The number of aryl methyl sites for hydroxylation is 1. The Bertz CT molecular complexity index is 564. The molecule has 0 radical (unpaired) electrons. The summed E-state index contributed by atoms with van der Waals surface area (Å²) in [7, 11) is 0. The van der Waals surface area contributed by atoms with Crippen LogP contribution in [0.4, 0.5) is 8.78 Å². The van der Waals surface area contributed by atoms with Crippen LogP contribution in [-0.4, -0.2) is 0 Å². The fourth-order valence-corrected chi connectivity index (χ4v) is 2.17. The molecule has 1 unspecified atom stereocenters. The van der Waals surface area contributed by atoms with E-state index >= 15 is 0 Å². The van der Waals surface area contributed by atoms with E-state index in [0.717, 1.165) is 23.8 Å². The molecule has 94 valence electrons. The second kappa shape index (κ2) is 5.04. The van der Waals surface area contributed by atoms with Crippen LogP contribution in [0.1, 0.15) is 22.7 Å². The van der Waals surface area contributed by atoms with Crippen LogP contribution >= 0.6 is 11.6 Å². The van der Waals surface area contributed by atoms with Gasteiger partial charge in [0.05, 0.1) is 6.04 Å². The van der Waals surface area contributed by atoms with E-state index in [1.807, 2.05) is 6.92 Å². The number of benzene rings is 2. The van der Waals surface area contributed by atoms with Crippen LogP contribution in [0.3, 0.4) is 0 Å². The van der Waals surface area contributed by atoms with Crippen molar-refractivity contribution in [3.8, 4) is 0 Å². The van der Waals surface area contributed by atoms with E-state index in [1.165, 1.54) is 0 Å². The van der Waals surface area contributed by atoms with E-state index < -0.39 is 17.7 Å². The third-order valence-corrected chi connectivity index (χ3v) is 2.93. The molecule has 4 heteroatoms. The molecule has 1 atom stereocenters. The lowest BCUT2D eigenvalue weighted by Crippen LogP contribution is -2.14. The zero-order valence-corrected chi connectivity index (χ0v) is 10.5. The van der Waals surface area contributed by atoms with E-state index in [4.69, 9.17) is 17.3 Å². The Balaban J connectivity index is 2.47. The number of halogens is 3. The molecule has 1 nitrogen and oxygen atoms in total. The minimum absolute atomic E-state index is 0.122. The fraction of sp³-hybridized carbons (Fsp3) is 0.143. The maximum absolute atomic E-state index is 13.6. The third-order valence-electron chi connectivity index (χ3n) is 2.72. The summed E-state index contributed by atoms with van der Waals surface area (Å²) in [6.07, 6.45) is 0. The van der Waals surface area contributed by atoms with Crippen LogP contribution in [0.15, 0.2) is 36.4 Å². The molecule has 0 fully saturated rings. The highest BCUT2D eigenvalue weighted by Crippen LogP contribution is 2.26. The first-order valence-electron chi connectivity index (χ1n) is 5.45.